The van der Waals surface area contributed by atoms with Gasteiger partial charge in [-0.1, -0.05) is 142 Å². The van der Waals surface area contributed by atoms with Crippen LogP contribution in [-0.4, -0.2) is 14.5 Å². The zero-order valence-corrected chi connectivity index (χ0v) is 32.0. The van der Waals surface area contributed by atoms with Gasteiger partial charge in [0, 0.05) is 52.1 Å². The molecule has 5 aromatic carbocycles. The molecule has 4 nitrogen and oxygen atoms in total. The predicted octanol–water partition coefficient (Wildman–Crippen LogP) is 12.2. The molecule has 0 saturated heterocycles. The molecule has 0 saturated carbocycles. The van der Waals surface area contributed by atoms with Crippen molar-refractivity contribution in [3.05, 3.63) is 173 Å². The van der Waals surface area contributed by atoms with Gasteiger partial charge in [-0.05, 0) is 65.2 Å². The SMILES string of the molecule is CC(C)c1cccc(C(C)C)c1-n1c(-c2[c-]oc3ccc(Cc4ccccc4)cc23)nc2ccccc21.[2H]C([2H])([2H])c1c[c-]c(-c2ccc(C([2H])([2H])[2H])cn2)cc1.[Ir]. The van der Waals surface area contributed by atoms with E-state index in [1.807, 2.05) is 0 Å². The fourth-order valence-electron chi connectivity index (χ4n) is 6.46. The molecule has 1 radical (unpaired) electrons. The molecular weight excluding hydrogens is 815 g/mol. The molecule has 0 amide bonds. The number of imidazole rings is 1. The Morgan fingerprint density at radius 2 is 1.48 bits per heavy atom. The van der Waals surface area contributed by atoms with Crippen molar-refractivity contribution in [2.75, 3.05) is 0 Å². The van der Waals surface area contributed by atoms with Crippen LogP contribution in [-0.2, 0) is 26.5 Å². The van der Waals surface area contributed by atoms with Crippen molar-refractivity contribution in [3.8, 4) is 28.3 Å². The molecule has 0 unspecified atom stereocenters. The van der Waals surface area contributed by atoms with Crippen LogP contribution in [0.3, 0.4) is 0 Å². The third kappa shape index (κ3) is 7.72. The van der Waals surface area contributed by atoms with Crippen molar-refractivity contribution in [1.29, 1.82) is 0 Å². The zero-order chi connectivity index (χ0) is 40.5. The Hall–Kier alpha value is -5.09. The van der Waals surface area contributed by atoms with E-state index in [0.717, 1.165) is 39.8 Å². The van der Waals surface area contributed by atoms with E-state index >= 15 is 0 Å². The third-order valence-corrected chi connectivity index (χ3v) is 9.03. The second-order valence-electron chi connectivity index (χ2n) is 13.3. The summed E-state index contributed by atoms with van der Waals surface area (Å²) in [6, 6.07) is 42.5. The van der Waals surface area contributed by atoms with Gasteiger partial charge in [-0.3, -0.25) is 4.98 Å². The van der Waals surface area contributed by atoms with Gasteiger partial charge in [0.2, 0.25) is 0 Å². The third-order valence-electron chi connectivity index (χ3n) is 9.03. The van der Waals surface area contributed by atoms with Crippen LogP contribution in [0.2, 0.25) is 0 Å². The largest absolute Gasteiger partial charge is 0.557 e. The second kappa shape index (κ2) is 16.1. The number of fused-ring (bicyclic) bond motifs is 2. The summed E-state index contributed by atoms with van der Waals surface area (Å²) >= 11 is 0. The minimum Gasteiger partial charge on any atom is -0.557 e. The van der Waals surface area contributed by atoms with Gasteiger partial charge in [-0.2, -0.15) is 0 Å². The van der Waals surface area contributed by atoms with Crippen LogP contribution < -0.4 is 0 Å². The number of hydrogen-bond acceptors (Lipinski definition) is 3. The first-order chi connectivity index (χ1) is 27.2. The normalized spacial score (nSPS) is 13.3. The van der Waals surface area contributed by atoms with Crippen LogP contribution in [0.5, 0.6) is 0 Å². The molecule has 0 spiro atoms. The van der Waals surface area contributed by atoms with Crippen LogP contribution in [0.15, 0.2) is 132 Å². The Bertz CT molecular complexity index is 2540. The zero-order valence-electron chi connectivity index (χ0n) is 35.6. The van der Waals surface area contributed by atoms with Crippen molar-refractivity contribution in [2.24, 2.45) is 0 Å². The van der Waals surface area contributed by atoms with Gasteiger partial charge in [0.1, 0.15) is 0 Å². The average Bonchev–Trinajstić information content (AvgIpc) is 3.79. The van der Waals surface area contributed by atoms with Crippen molar-refractivity contribution >= 4 is 22.0 Å². The summed E-state index contributed by atoms with van der Waals surface area (Å²) in [7, 11) is 0. The number of pyridine rings is 1. The van der Waals surface area contributed by atoms with Gasteiger partial charge < -0.3 is 14.0 Å². The number of para-hydroxylation sites is 3. The fraction of sp³-hybridized carbons (Fsp3) is 0.191. The van der Waals surface area contributed by atoms with Gasteiger partial charge in [0.25, 0.3) is 0 Å². The maximum atomic E-state index is 7.28. The molecule has 0 bridgehead atoms. The van der Waals surface area contributed by atoms with E-state index in [1.165, 1.54) is 52.3 Å². The van der Waals surface area contributed by atoms with Crippen LogP contribution in [0.25, 0.3) is 50.3 Å². The quantitative estimate of drug-likeness (QED) is 0.150. The van der Waals surface area contributed by atoms with Crippen molar-refractivity contribution in [1.82, 2.24) is 14.5 Å². The summed E-state index contributed by atoms with van der Waals surface area (Å²) < 4.78 is 52.0. The molecule has 0 aliphatic heterocycles. The molecule has 0 fully saturated rings. The maximum Gasteiger partial charge on any atom is 0.0774 e. The van der Waals surface area contributed by atoms with Crippen molar-refractivity contribution in [3.63, 3.8) is 0 Å². The van der Waals surface area contributed by atoms with Gasteiger partial charge in [0.15, 0.2) is 0 Å². The van der Waals surface area contributed by atoms with E-state index in [-0.39, 0.29) is 31.2 Å². The fourth-order valence-corrected chi connectivity index (χ4v) is 6.46. The van der Waals surface area contributed by atoms with Crippen molar-refractivity contribution < 1.29 is 32.7 Å². The van der Waals surface area contributed by atoms with E-state index in [9.17, 15) is 0 Å². The number of aryl methyl sites for hydroxylation is 2. The Labute approximate surface area is 329 Å². The number of nitrogens with zero attached hydrogens (tertiary/aromatic N) is 3. The molecule has 3 heterocycles. The second-order valence-corrected chi connectivity index (χ2v) is 13.3. The molecule has 0 atom stereocenters. The van der Waals surface area contributed by atoms with Crippen LogP contribution in [0.1, 0.15) is 81.1 Å². The topological polar surface area (TPSA) is 43.9 Å². The summed E-state index contributed by atoms with van der Waals surface area (Å²) in [5.41, 5.74) is 11.7. The average molecular weight is 864 g/mol. The van der Waals surface area contributed by atoms with Crippen LogP contribution in [0, 0.1) is 26.0 Å². The molecule has 263 valence electrons. The van der Waals surface area contributed by atoms with E-state index in [2.05, 4.69) is 141 Å². The van der Waals surface area contributed by atoms with Gasteiger partial charge in [-0.25, -0.2) is 0 Å². The van der Waals surface area contributed by atoms with Crippen LogP contribution >= 0.6 is 0 Å². The first-order valence-corrected chi connectivity index (χ1v) is 17.3. The first kappa shape index (κ1) is 29.5. The molecule has 0 aliphatic rings. The van der Waals surface area contributed by atoms with Crippen LogP contribution in [0.4, 0.5) is 0 Å². The summed E-state index contributed by atoms with van der Waals surface area (Å²) in [4.78, 5) is 9.24. The van der Waals surface area contributed by atoms with E-state index in [4.69, 9.17) is 17.6 Å². The summed E-state index contributed by atoms with van der Waals surface area (Å²) in [6.45, 7) is 4.70. The van der Waals surface area contributed by atoms with E-state index < -0.39 is 13.7 Å². The van der Waals surface area contributed by atoms with Crippen molar-refractivity contribution in [2.45, 2.75) is 59.7 Å². The monoisotopic (exact) mass is 864 g/mol. The molecule has 0 aliphatic carbocycles. The predicted molar refractivity (Wildman–Crippen MR) is 211 cm³/mol. The minimum absolute atomic E-state index is 0. The molecule has 8 aromatic rings. The number of furan rings is 1. The van der Waals surface area contributed by atoms with Gasteiger partial charge >= 0.3 is 0 Å². The Balaban J connectivity index is 0.000000230. The minimum atomic E-state index is -2.18. The summed E-state index contributed by atoms with van der Waals surface area (Å²) in [5.74, 6) is 1.60. The maximum absolute atomic E-state index is 7.28. The summed E-state index contributed by atoms with van der Waals surface area (Å²) in [6.07, 6.45) is 5.40. The van der Waals surface area contributed by atoms with E-state index in [0.29, 0.717) is 23.1 Å². The molecule has 52 heavy (non-hydrogen) atoms. The molecule has 0 N–H and O–H groups in total. The number of hydrogen-bond donors (Lipinski definition) is 0. The molecular formula is C47H43IrN3O-2. The summed E-state index contributed by atoms with van der Waals surface area (Å²) in [5, 5.41) is 1.04. The molecule has 3 aromatic heterocycles. The number of aromatic nitrogens is 3. The molecule has 8 rings (SSSR count). The Kier molecular flexibility index (Phi) is 9.11. The first-order valence-electron chi connectivity index (χ1n) is 20.3. The number of rotatable bonds is 7. The number of benzene rings is 5. The smallest absolute Gasteiger partial charge is 0.0774 e. The Morgan fingerprint density at radius 3 is 2.15 bits per heavy atom. The molecule has 5 heteroatoms. The van der Waals surface area contributed by atoms with E-state index in [1.54, 1.807) is 12.1 Å². The Morgan fingerprint density at radius 1 is 0.750 bits per heavy atom. The standard InChI is InChI=1S/C34H31N2O.C13H12N.Ir/c1-22(2)26-13-10-14-27(23(3)4)33(26)36-31-16-9-8-15-30(31)35-34(36)29-21-37-32-18-17-25(20-28(29)32)19-24-11-6-5-7-12-24;1-10-3-6-12(7-4-10)13-8-5-11(2)9-14-13;/h5-18,20,22-23H,19H2,1-4H3;3-6,8-9H,1-2H3;/q2*-1;/i;1D3,2D3;. The van der Waals surface area contributed by atoms with Gasteiger partial charge in [-0.15, -0.1) is 35.4 Å². The van der Waals surface area contributed by atoms with Gasteiger partial charge in [0.05, 0.1) is 16.9 Å².